The Morgan fingerprint density at radius 1 is 1.19 bits per heavy atom. The van der Waals surface area contributed by atoms with E-state index < -0.39 is 0 Å². The molecular formula is C19H22ClN3O3. The highest BCUT2D eigenvalue weighted by atomic mass is 35.5. The quantitative estimate of drug-likeness (QED) is 0.723. The molecule has 2 atom stereocenters. The van der Waals surface area contributed by atoms with Gasteiger partial charge < -0.3 is 14.8 Å². The maximum absolute atomic E-state index is 12.7. The molecule has 2 aromatic carbocycles. The molecule has 1 fully saturated rings. The van der Waals surface area contributed by atoms with Gasteiger partial charge in [-0.25, -0.2) is 5.43 Å². The maximum atomic E-state index is 12.7. The van der Waals surface area contributed by atoms with E-state index in [0.29, 0.717) is 23.9 Å². The maximum Gasteiger partial charge on any atom is 0.226 e. The molecule has 26 heavy (non-hydrogen) atoms. The van der Waals surface area contributed by atoms with Gasteiger partial charge in [0.2, 0.25) is 5.91 Å². The fourth-order valence-electron chi connectivity index (χ4n) is 3.06. The number of hydrogen-bond acceptors (Lipinski definition) is 5. The Morgan fingerprint density at radius 2 is 1.96 bits per heavy atom. The minimum absolute atomic E-state index is 0.0349. The summed E-state index contributed by atoms with van der Waals surface area (Å²) < 4.78 is 10.6. The van der Waals surface area contributed by atoms with Gasteiger partial charge in [0.1, 0.15) is 11.5 Å². The first kappa shape index (κ1) is 18.5. The van der Waals surface area contributed by atoms with Crippen LogP contribution in [-0.2, 0) is 11.3 Å². The lowest BCUT2D eigenvalue weighted by atomic mass is 9.94. The van der Waals surface area contributed by atoms with Crippen LogP contribution in [0.4, 0.5) is 0 Å². The highest BCUT2D eigenvalue weighted by molar-refractivity contribution is 6.30. The Hall–Kier alpha value is -2.28. The Balaban J connectivity index is 1.68. The lowest BCUT2D eigenvalue weighted by Gasteiger charge is -2.19. The molecule has 6 nitrogen and oxygen atoms in total. The molecule has 0 aliphatic carbocycles. The van der Waals surface area contributed by atoms with Crippen LogP contribution in [0, 0.1) is 5.92 Å². The van der Waals surface area contributed by atoms with E-state index in [2.05, 4.69) is 16.2 Å². The van der Waals surface area contributed by atoms with Crippen LogP contribution in [0.3, 0.4) is 0 Å². The number of halogens is 1. The molecular weight excluding hydrogens is 354 g/mol. The molecule has 1 aliphatic rings. The second-order valence-corrected chi connectivity index (χ2v) is 6.49. The van der Waals surface area contributed by atoms with Crippen LogP contribution in [0.1, 0.15) is 17.2 Å². The van der Waals surface area contributed by atoms with E-state index in [1.54, 1.807) is 14.2 Å². The number of hydrogen-bond donors (Lipinski definition) is 3. The summed E-state index contributed by atoms with van der Waals surface area (Å²) in [6, 6.07) is 12.9. The zero-order valence-electron chi connectivity index (χ0n) is 14.7. The molecule has 0 saturated carbocycles. The average Bonchev–Trinajstić information content (AvgIpc) is 3.16. The average molecular weight is 376 g/mol. The SMILES string of the molecule is COc1ccc(OC)c(CNC(=O)C2CNNC2c2ccc(Cl)cc2)c1. The van der Waals surface area contributed by atoms with Gasteiger partial charge in [-0.2, -0.15) is 0 Å². The highest BCUT2D eigenvalue weighted by Crippen LogP contribution is 2.27. The lowest BCUT2D eigenvalue weighted by Crippen LogP contribution is -2.34. The van der Waals surface area contributed by atoms with Gasteiger partial charge in [0, 0.05) is 23.7 Å². The number of carbonyl (C=O) groups is 1. The van der Waals surface area contributed by atoms with Gasteiger partial charge in [-0.15, -0.1) is 0 Å². The van der Waals surface area contributed by atoms with Gasteiger partial charge in [0.15, 0.2) is 0 Å². The molecule has 2 aromatic rings. The number of nitrogens with one attached hydrogen (secondary N) is 3. The Morgan fingerprint density at radius 3 is 2.65 bits per heavy atom. The molecule has 0 aromatic heterocycles. The van der Waals surface area contributed by atoms with E-state index in [9.17, 15) is 4.79 Å². The van der Waals surface area contributed by atoms with Crippen molar-refractivity contribution in [3.63, 3.8) is 0 Å². The Kier molecular flexibility index (Phi) is 5.98. The zero-order chi connectivity index (χ0) is 18.5. The van der Waals surface area contributed by atoms with Gasteiger partial charge in [-0.1, -0.05) is 23.7 Å². The zero-order valence-corrected chi connectivity index (χ0v) is 15.5. The van der Waals surface area contributed by atoms with Crippen LogP contribution in [0.25, 0.3) is 0 Å². The molecule has 0 spiro atoms. The third-order valence-corrected chi connectivity index (χ3v) is 4.74. The van der Waals surface area contributed by atoms with Crippen LogP contribution >= 0.6 is 11.6 Å². The fraction of sp³-hybridized carbons (Fsp3) is 0.316. The van der Waals surface area contributed by atoms with Crippen molar-refractivity contribution in [3.05, 3.63) is 58.6 Å². The summed E-state index contributed by atoms with van der Waals surface area (Å²) in [6.45, 7) is 0.914. The van der Waals surface area contributed by atoms with Crippen LogP contribution in [-0.4, -0.2) is 26.7 Å². The van der Waals surface area contributed by atoms with E-state index in [1.807, 2.05) is 42.5 Å². The minimum atomic E-state index is -0.229. The third kappa shape index (κ3) is 4.09. The van der Waals surface area contributed by atoms with Gasteiger partial charge in [-0.05, 0) is 35.9 Å². The first-order chi connectivity index (χ1) is 12.6. The summed E-state index contributed by atoms with van der Waals surface area (Å²) in [5, 5.41) is 3.67. The number of methoxy groups -OCH3 is 2. The molecule has 138 valence electrons. The summed E-state index contributed by atoms with van der Waals surface area (Å²) in [4.78, 5) is 12.7. The third-order valence-electron chi connectivity index (χ3n) is 4.49. The number of amides is 1. The van der Waals surface area contributed by atoms with Crippen LogP contribution in [0.15, 0.2) is 42.5 Å². The van der Waals surface area contributed by atoms with E-state index in [-0.39, 0.29) is 17.9 Å². The number of ether oxygens (including phenoxy) is 2. The Bertz CT molecular complexity index is 767. The summed E-state index contributed by atoms with van der Waals surface area (Å²) in [6.07, 6.45) is 0. The number of carbonyl (C=O) groups excluding carboxylic acids is 1. The van der Waals surface area contributed by atoms with Gasteiger partial charge in [0.05, 0.1) is 26.2 Å². The van der Waals surface area contributed by atoms with E-state index in [4.69, 9.17) is 21.1 Å². The minimum Gasteiger partial charge on any atom is -0.497 e. The topological polar surface area (TPSA) is 71.6 Å². The second kappa shape index (κ2) is 8.40. The predicted molar refractivity (Wildman–Crippen MR) is 100 cm³/mol. The van der Waals surface area contributed by atoms with Gasteiger partial charge >= 0.3 is 0 Å². The molecule has 3 rings (SSSR count). The second-order valence-electron chi connectivity index (χ2n) is 6.06. The molecule has 1 heterocycles. The van der Waals surface area contributed by atoms with Crippen molar-refractivity contribution in [2.45, 2.75) is 12.6 Å². The largest absolute Gasteiger partial charge is 0.497 e. The molecule has 3 N–H and O–H groups in total. The number of hydrazine groups is 1. The van der Waals surface area contributed by atoms with Crippen molar-refractivity contribution in [1.82, 2.24) is 16.2 Å². The first-order valence-corrected chi connectivity index (χ1v) is 8.72. The van der Waals surface area contributed by atoms with Crippen LogP contribution in [0.5, 0.6) is 11.5 Å². The van der Waals surface area contributed by atoms with Crippen molar-refractivity contribution >= 4 is 17.5 Å². The molecule has 1 saturated heterocycles. The van der Waals surface area contributed by atoms with Crippen molar-refractivity contribution < 1.29 is 14.3 Å². The number of rotatable bonds is 6. The van der Waals surface area contributed by atoms with Crippen LogP contribution < -0.4 is 25.6 Å². The van der Waals surface area contributed by atoms with Crippen molar-refractivity contribution in [2.24, 2.45) is 5.92 Å². The molecule has 0 radical (unpaired) electrons. The van der Waals surface area contributed by atoms with E-state index in [1.165, 1.54) is 0 Å². The summed E-state index contributed by atoms with van der Waals surface area (Å²) >= 11 is 5.95. The van der Waals surface area contributed by atoms with Crippen LogP contribution in [0.2, 0.25) is 5.02 Å². The van der Waals surface area contributed by atoms with Crippen molar-refractivity contribution in [2.75, 3.05) is 20.8 Å². The summed E-state index contributed by atoms with van der Waals surface area (Å²) in [5.41, 5.74) is 8.11. The summed E-state index contributed by atoms with van der Waals surface area (Å²) in [5.74, 6) is 1.17. The smallest absolute Gasteiger partial charge is 0.226 e. The molecule has 0 bridgehead atoms. The fourth-order valence-corrected chi connectivity index (χ4v) is 3.19. The van der Waals surface area contributed by atoms with Gasteiger partial charge in [0.25, 0.3) is 0 Å². The molecule has 1 amide bonds. The van der Waals surface area contributed by atoms with Gasteiger partial charge in [-0.3, -0.25) is 10.2 Å². The van der Waals surface area contributed by atoms with Crippen molar-refractivity contribution in [1.29, 1.82) is 0 Å². The molecule has 2 unspecified atom stereocenters. The molecule has 1 aliphatic heterocycles. The van der Waals surface area contributed by atoms with E-state index in [0.717, 1.165) is 16.9 Å². The van der Waals surface area contributed by atoms with E-state index >= 15 is 0 Å². The monoisotopic (exact) mass is 375 g/mol. The number of benzene rings is 2. The normalized spacial score (nSPS) is 19.2. The summed E-state index contributed by atoms with van der Waals surface area (Å²) in [7, 11) is 3.21. The standard InChI is InChI=1S/C19H22ClN3O3/c1-25-15-7-8-17(26-2)13(9-15)10-21-19(24)16-11-22-23-18(16)12-3-5-14(20)6-4-12/h3-9,16,18,22-23H,10-11H2,1-2H3,(H,21,24). The highest BCUT2D eigenvalue weighted by Gasteiger charge is 2.33. The lowest BCUT2D eigenvalue weighted by molar-refractivity contribution is -0.125. The predicted octanol–water partition coefficient (Wildman–Crippen LogP) is 2.44. The molecule has 7 heteroatoms. The Labute approximate surface area is 157 Å². The van der Waals surface area contributed by atoms with Crippen molar-refractivity contribution in [3.8, 4) is 11.5 Å². The first-order valence-electron chi connectivity index (χ1n) is 8.35.